The molecule has 1 rings (SSSR count). The highest BCUT2D eigenvalue weighted by molar-refractivity contribution is 5.92. The molecule has 0 aromatic heterocycles. The number of hydrogen-bond acceptors (Lipinski definition) is 2. The minimum Gasteiger partial charge on any atom is -0.345 e. The molecule has 12 heavy (non-hydrogen) atoms. The number of nitrogens with one attached hydrogen (secondary N) is 1. The van der Waals surface area contributed by atoms with Crippen molar-refractivity contribution in [3.05, 3.63) is 0 Å². The van der Waals surface area contributed by atoms with Gasteiger partial charge in [0.15, 0.2) is 0 Å². The van der Waals surface area contributed by atoms with Crippen LogP contribution in [0.1, 0.15) is 6.42 Å². The fourth-order valence-electron chi connectivity index (χ4n) is 1.01. The zero-order valence-electron chi connectivity index (χ0n) is 6.67. The molecular formula is C8H10N2O2. The molecular weight excluding hydrogens is 156 g/mol. The van der Waals surface area contributed by atoms with E-state index in [9.17, 15) is 9.59 Å². The average molecular weight is 166 g/mol. The van der Waals surface area contributed by atoms with Crippen molar-refractivity contribution in [2.75, 3.05) is 19.6 Å². The Balaban J connectivity index is 2.45. The monoisotopic (exact) mass is 166 g/mol. The van der Waals surface area contributed by atoms with Crippen LogP contribution < -0.4 is 5.32 Å². The summed E-state index contributed by atoms with van der Waals surface area (Å²) < 4.78 is 0. The lowest BCUT2D eigenvalue weighted by atomic mass is 10.3. The third kappa shape index (κ3) is 1.99. The maximum atomic E-state index is 11.1. The fourth-order valence-corrected chi connectivity index (χ4v) is 1.01. The van der Waals surface area contributed by atoms with E-state index in [1.807, 2.05) is 0 Å². The van der Waals surface area contributed by atoms with E-state index in [0.717, 1.165) is 0 Å². The molecule has 1 aliphatic heterocycles. The largest absolute Gasteiger partial charge is 0.345 e. The van der Waals surface area contributed by atoms with E-state index < -0.39 is 0 Å². The lowest BCUT2D eigenvalue weighted by Gasteiger charge is -2.25. The van der Waals surface area contributed by atoms with E-state index in [2.05, 4.69) is 11.2 Å². The first-order valence-corrected chi connectivity index (χ1v) is 3.72. The first-order chi connectivity index (χ1) is 5.74. The molecule has 0 saturated carbocycles. The number of amides is 2. The summed E-state index contributed by atoms with van der Waals surface area (Å²) in [6.07, 6.45) is 5.54. The molecule has 1 heterocycles. The van der Waals surface area contributed by atoms with Crippen LogP contribution in [0.4, 0.5) is 0 Å². The summed E-state index contributed by atoms with van der Waals surface area (Å²) in [4.78, 5) is 23.4. The zero-order chi connectivity index (χ0) is 8.97. The van der Waals surface area contributed by atoms with Gasteiger partial charge in [0.1, 0.15) is 0 Å². The topological polar surface area (TPSA) is 49.4 Å². The molecule has 4 heteroatoms. The highest BCUT2D eigenvalue weighted by atomic mass is 16.2. The Kier molecular flexibility index (Phi) is 2.70. The van der Waals surface area contributed by atoms with E-state index >= 15 is 0 Å². The maximum Gasteiger partial charge on any atom is 0.242 e. The SMILES string of the molecule is C#CCCN1CC(=O)NCC1=O. The molecule has 4 nitrogen and oxygen atoms in total. The van der Waals surface area contributed by atoms with E-state index in [0.29, 0.717) is 13.0 Å². The molecule has 0 bridgehead atoms. The van der Waals surface area contributed by atoms with Gasteiger partial charge < -0.3 is 10.2 Å². The Labute approximate surface area is 70.9 Å². The summed E-state index contributed by atoms with van der Waals surface area (Å²) >= 11 is 0. The minimum atomic E-state index is -0.119. The van der Waals surface area contributed by atoms with Crippen LogP contribution in [0.3, 0.4) is 0 Å². The van der Waals surface area contributed by atoms with Crippen molar-refractivity contribution in [1.82, 2.24) is 10.2 Å². The lowest BCUT2D eigenvalue weighted by molar-refractivity contribution is -0.140. The molecule has 0 aliphatic carbocycles. The van der Waals surface area contributed by atoms with E-state index in [-0.39, 0.29) is 24.9 Å². The van der Waals surface area contributed by atoms with Gasteiger partial charge in [0, 0.05) is 13.0 Å². The van der Waals surface area contributed by atoms with E-state index in [1.54, 1.807) is 0 Å². The Morgan fingerprint density at radius 3 is 3.00 bits per heavy atom. The van der Waals surface area contributed by atoms with Crippen molar-refractivity contribution < 1.29 is 9.59 Å². The highest BCUT2D eigenvalue weighted by Crippen LogP contribution is 1.96. The third-order valence-corrected chi connectivity index (χ3v) is 1.65. The molecule has 0 unspecified atom stereocenters. The van der Waals surface area contributed by atoms with Gasteiger partial charge in [-0.15, -0.1) is 12.3 Å². The van der Waals surface area contributed by atoms with Crippen molar-refractivity contribution in [2.45, 2.75) is 6.42 Å². The van der Waals surface area contributed by atoms with Gasteiger partial charge in [0.2, 0.25) is 11.8 Å². The Bertz CT molecular complexity index is 242. The number of hydrogen-bond donors (Lipinski definition) is 1. The van der Waals surface area contributed by atoms with Gasteiger partial charge in [-0.3, -0.25) is 9.59 Å². The van der Waals surface area contributed by atoms with Crippen LogP contribution in [0.25, 0.3) is 0 Å². The molecule has 1 aliphatic rings. The van der Waals surface area contributed by atoms with Crippen LogP contribution in [0.2, 0.25) is 0 Å². The highest BCUT2D eigenvalue weighted by Gasteiger charge is 2.21. The summed E-state index contributed by atoms with van der Waals surface area (Å²) in [6.45, 7) is 0.715. The second kappa shape index (κ2) is 3.77. The van der Waals surface area contributed by atoms with E-state index in [4.69, 9.17) is 6.42 Å². The Hall–Kier alpha value is -1.50. The summed E-state index contributed by atoms with van der Waals surface area (Å²) in [5.41, 5.74) is 0. The standard InChI is InChI=1S/C8H10N2O2/c1-2-3-4-10-6-7(11)9-5-8(10)12/h1H,3-6H2,(H,9,11). The molecule has 0 aromatic rings. The Morgan fingerprint density at radius 2 is 2.33 bits per heavy atom. The molecule has 1 fully saturated rings. The van der Waals surface area contributed by atoms with Crippen molar-refractivity contribution in [1.29, 1.82) is 0 Å². The summed E-state index contributed by atoms with van der Waals surface area (Å²) in [5.74, 6) is 2.24. The van der Waals surface area contributed by atoms with Gasteiger partial charge in [0.05, 0.1) is 13.1 Å². The molecule has 1 N–H and O–H groups in total. The van der Waals surface area contributed by atoms with Crippen LogP contribution in [0, 0.1) is 12.3 Å². The van der Waals surface area contributed by atoms with Crippen molar-refractivity contribution in [3.8, 4) is 12.3 Å². The van der Waals surface area contributed by atoms with Crippen LogP contribution in [-0.4, -0.2) is 36.3 Å². The number of carbonyl (C=O) groups excluding carboxylic acids is 2. The number of nitrogens with zero attached hydrogens (tertiary/aromatic N) is 1. The number of carbonyl (C=O) groups is 2. The second-order valence-electron chi connectivity index (χ2n) is 2.55. The van der Waals surface area contributed by atoms with Crippen LogP contribution in [0.15, 0.2) is 0 Å². The number of rotatable bonds is 2. The summed E-state index contributed by atoms with van der Waals surface area (Å²) in [7, 11) is 0. The van der Waals surface area contributed by atoms with Gasteiger partial charge in [-0.25, -0.2) is 0 Å². The predicted molar refractivity (Wildman–Crippen MR) is 43.0 cm³/mol. The van der Waals surface area contributed by atoms with Gasteiger partial charge >= 0.3 is 0 Å². The van der Waals surface area contributed by atoms with Gasteiger partial charge in [-0.1, -0.05) is 0 Å². The summed E-state index contributed by atoms with van der Waals surface area (Å²) in [6, 6.07) is 0. The first-order valence-electron chi connectivity index (χ1n) is 3.72. The maximum absolute atomic E-state index is 11.1. The first kappa shape index (κ1) is 8.60. The van der Waals surface area contributed by atoms with Crippen molar-refractivity contribution >= 4 is 11.8 Å². The molecule has 64 valence electrons. The minimum absolute atomic E-state index is 0.0650. The van der Waals surface area contributed by atoms with Gasteiger partial charge in [-0.2, -0.15) is 0 Å². The average Bonchev–Trinajstić information content (AvgIpc) is 2.07. The normalized spacial score (nSPS) is 17.1. The van der Waals surface area contributed by atoms with Crippen LogP contribution in [-0.2, 0) is 9.59 Å². The van der Waals surface area contributed by atoms with E-state index in [1.165, 1.54) is 4.90 Å². The third-order valence-electron chi connectivity index (χ3n) is 1.65. The fraction of sp³-hybridized carbons (Fsp3) is 0.500. The van der Waals surface area contributed by atoms with Crippen LogP contribution in [0.5, 0.6) is 0 Å². The van der Waals surface area contributed by atoms with Crippen LogP contribution >= 0.6 is 0 Å². The number of terminal acetylenes is 1. The smallest absolute Gasteiger partial charge is 0.242 e. The lowest BCUT2D eigenvalue weighted by Crippen LogP contribution is -2.51. The molecule has 0 aromatic carbocycles. The molecule has 0 spiro atoms. The summed E-state index contributed by atoms with van der Waals surface area (Å²) in [5, 5.41) is 2.46. The van der Waals surface area contributed by atoms with Gasteiger partial charge in [0.25, 0.3) is 0 Å². The quantitative estimate of drug-likeness (QED) is 0.533. The molecule has 0 atom stereocenters. The zero-order valence-corrected chi connectivity index (χ0v) is 6.67. The molecule has 0 radical (unpaired) electrons. The predicted octanol–water partition coefficient (Wildman–Crippen LogP) is -1.03. The van der Waals surface area contributed by atoms with Crippen molar-refractivity contribution in [2.24, 2.45) is 0 Å². The number of piperazine rings is 1. The van der Waals surface area contributed by atoms with Gasteiger partial charge in [-0.05, 0) is 0 Å². The second-order valence-corrected chi connectivity index (χ2v) is 2.55. The Morgan fingerprint density at radius 1 is 1.58 bits per heavy atom. The molecule has 2 amide bonds. The molecule has 1 saturated heterocycles. The van der Waals surface area contributed by atoms with Crippen molar-refractivity contribution in [3.63, 3.8) is 0 Å².